The van der Waals surface area contributed by atoms with Gasteiger partial charge >= 0.3 is 11.8 Å². The van der Waals surface area contributed by atoms with Crippen LogP contribution >= 0.6 is 11.3 Å². The van der Waals surface area contributed by atoms with E-state index in [0.29, 0.717) is 24.5 Å². The molecule has 120 valence electrons. The Kier molecular flexibility index (Phi) is 5.58. The second-order valence-electron chi connectivity index (χ2n) is 5.08. The van der Waals surface area contributed by atoms with E-state index in [9.17, 15) is 14.4 Å². The number of amides is 3. The van der Waals surface area contributed by atoms with Crippen LogP contribution in [-0.2, 0) is 27.3 Å². The summed E-state index contributed by atoms with van der Waals surface area (Å²) in [5.74, 6) is -1.75. The number of nitrogens with one attached hydrogen (secondary N) is 1. The largest absolute Gasteiger partial charge is 0.330 e. The van der Waals surface area contributed by atoms with E-state index in [-0.39, 0.29) is 6.54 Å². The highest BCUT2D eigenvalue weighted by Gasteiger charge is 2.24. The zero-order valence-electron chi connectivity index (χ0n) is 12.4. The molecule has 0 aromatic carbocycles. The number of likely N-dealkylation sites (N-methyl/N-ethyl adjacent to an activating group) is 1. The van der Waals surface area contributed by atoms with Crippen molar-refractivity contribution >= 4 is 34.7 Å². The Bertz CT molecular complexity index is 574. The number of imide groups is 1. The molecule has 3 amide bonds. The minimum Gasteiger partial charge on any atom is -0.330 e. The van der Waals surface area contributed by atoms with Crippen LogP contribution in [0.5, 0.6) is 0 Å². The molecule has 8 nitrogen and oxygen atoms in total. The molecular weight excluding hydrogens is 306 g/mol. The van der Waals surface area contributed by atoms with Crippen molar-refractivity contribution in [1.29, 1.82) is 0 Å². The van der Waals surface area contributed by atoms with Gasteiger partial charge in [-0.25, -0.2) is 4.98 Å². The van der Waals surface area contributed by atoms with Crippen LogP contribution < -0.4 is 11.1 Å². The van der Waals surface area contributed by atoms with E-state index in [4.69, 9.17) is 5.73 Å². The number of anilines is 1. The fourth-order valence-corrected chi connectivity index (χ4v) is 3.20. The van der Waals surface area contributed by atoms with E-state index in [2.05, 4.69) is 15.2 Å². The van der Waals surface area contributed by atoms with Crippen LogP contribution in [0.4, 0.5) is 5.13 Å². The fourth-order valence-electron chi connectivity index (χ4n) is 2.12. The van der Waals surface area contributed by atoms with Gasteiger partial charge in [0.1, 0.15) is 0 Å². The van der Waals surface area contributed by atoms with E-state index >= 15 is 0 Å². The van der Waals surface area contributed by atoms with Gasteiger partial charge in [-0.15, -0.1) is 11.3 Å². The van der Waals surface area contributed by atoms with Gasteiger partial charge < -0.3 is 10.6 Å². The number of hydrogen-bond acceptors (Lipinski definition) is 7. The topological polar surface area (TPSA) is 109 Å². The molecule has 0 spiro atoms. The highest BCUT2D eigenvalue weighted by atomic mass is 32.1. The van der Waals surface area contributed by atoms with Crippen LogP contribution in [0.15, 0.2) is 0 Å². The van der Waals surface area contributed by atoms with Gasteiger partial charge in [-0.3, -0.25) is 24.6 Å². The number of carbonyl (C=O) groups is 3. The highest BCUT2D eigenvalue weighted by Crippen LogP contribution is 2.27. The summed E-state index contributed by atoms with van der Waals surface area (Å²) < 4.78 is 0. The van der Waals surface area contributed by atoms with Crippen LogP contribution in [0.2, 0.25) is 0 Å². The van der Waals surface area contributed by atoms with Crippen molar-refractivity contribution in [3.05, 3.63) is 10.6 Å². The maximum Gasteiger partial charge on any atom is 0.318 e. The van der Waals surface area contributed by atoms with Gasteiger partial charge in [0.25, 0.3) is 0 Å². The Balaban J connectivity index is 1.99. The van der Waals surface area contributed by atoms with E-state index in [1.165, 1.54) is 11.3 Å². The molecule has 0 fully saturated rings. The lowest BCUT2D eigenvalue weighted by atomic mass is 10.2. The summed E-state index contributed by atoms with van der Waals surface area (Å²) in [6, 6.07) is 0. The molecule has 0 unspecified atom stereocenters. The maximum atomic E-state index is 11.9. The quantitative estimate of drug-likeness (QED) is 0.553. The van der Waals surface area contributed by atoms with Crippen molar-refractivity contribution in [3.8, 4) is 0 Å². The van der Waals surface area contributed by atoms with Gasteiger partial charge in [0.15, 0.2) is 5.13 Å². The molecule has 0 saturated carbocycles. The van der Waals surface area contributed by atoms with Crippen molar-refractivity contribution in [2.45, 2.75) is 19.4 Å². The molecule has 0 bridgehead atoms. The summed E-state index contributed by atoms with van der Waals surface area (Å²) in [5.41, 5.74) is 6.29. The number of nitrogens with zero attached hydrogens (tertiary/aromatic N) is 3. The summed E-state index contributed by atoms with van der Waals surface area (Å²) in [5, 5.41) is 2.87. The number of carbonyl (C=O) groups excluding carboxylic acids is 3. The first kappa shape index (κ1) is 16.5. The van der Waals surface area contributed by atoms with Crippen molar-refractivity contribution in [2.75, 3.05) is 32.0 Å². The lowest BCUT2D eigenvalue weighted by Gasteiger charge is -2.20. The average molecular weight is 325 g/mol. The lowest BCUT2D eigenvalue weighted by molar-refractivity contribution is -0.146. The van der Waals surface area contributed by atoms with E-state index < -0.39 is 11.8 Å². The summed E-state index contributed by atoms with van der Waals surface area (Å²) >= 11 is 1.36. The molecule has 9 heteroatoms. The second kappa shape index (κ2) is 7.43. The number of fused-ring (bicyclic) bond motifs is 1. The Morgan fingerprint density at radius 1 is 1.55 bits per heavy atom. The molecule has 22 heavy (non-hydrogen) atoms. The monoisotopic (exact) mass is 325 g/mol. The third-order valence-electron chi connectivity index (χ3n) is 3.33. The predicted molar refractivity (Wildman–Crippen MR) is 82.2 cm³/mol. The van der Waals surface area contributed by atoms with Crippen LogP contribution in [0.25, 0.3) is 0 Å². The average Bonchev–Trinajstić information content (AvgIpc) is 2.88. The van der Waals surface area contributed by atoms with Gasteiger partial charge in [0, 0.05) is 30.9 Å². The van der Waals surface area contributed by atoms with Gasteiger partial charge in [0.05, 0.1) is 5.69 Å². The van der Waals surface area contributed by atoms with E-state index in [1.807, 2.05) is 7.05 Å². The van der Waals surface area contributed by atoms with E-state index in [1.54, 1.807) is 0 Å². The van der Waals surface area contributed by atoms with Gasteiger partial charge in [-0.2, -0.15) is 0 Å². The van der Waals surface area contributed by atoms with E-state index in [0.717, 1.165) is 35.0 Å². The fraction of sp³-hybridized carbons (Fsp3) is 0.538. The van der Waals surface area contributed by atoms with Gasteiger partial charge in [-0.1, -0.05) is 0 Å². The number of hydrogen-bond donors (Lipinski definition) is 2. The Morgan fingerprint density at radius 3 is 3.00 bits per heavy atom. The van der Waals surface area contributed by atoms with Crippen LogP contribution in [0, 0.1) is 0 Å². The molecule has 0 saturated heterocycles. The zero-order valence-corrected chi connectivity index (χ0v) is 13.2. The number of aromatic nitrogens is 1. The molecule has 2 heterocycles. The van der Waals surface area contributed by atoms with Crippen LogP contribution in [-0.4, -0.2) is 59.7 Å². The summed E-state index contributed by atoms with van der Waals surface area (Å²) in [6.07, 6.45) is 1.62. The van der Waals surface area contributed by atoms with Crippen LogP contribution in [0.3, 0.4) is 0 Å². The molecular formula is C13H19N5O3S. The van der Waals surface area contributed by atoms with Gasteiger partial charge in [0.2, 0.25) is 6.41 Å². The standard InChI is InChI=1S/C13H19N5O3S/c1-17-6-3-9-10(7-17)22-13(15-9)16-11(20)12(21)18(8-19)5-2-4-14/h8H,2-7,14H2,1H3,(H,15,16,20). The van der Waals surface area contributed by atoms with Crippen molar-refractivity contribution in [2.24, 2.45) is 5.73 Å². The van der Waals surface area contributed by atoms with Gasteiger partial charge in [-0.05, 0) is 20.0 Å². The third-order valence-corrected chi connectivity index (χ3v) is 4.33. The normalized spacial score (nSPS) is 14.3. The second-order valence-corrected chi connectivity index (χ2v) is 6.16. The summed E-state index contributed by atoms with van der Waals surface area (Å²) in [4.78, 5) is 43.1. The van der Waals surface area contributed by atoms with Crippen molar-refractivity contribution in [3.63, 3.8) is 0 Å². The van der Waals surface area contributed by atoms with Crippen molar-refractivity contribution < 1.29 is 14.4 Å². The third kappa shape index (κ3) is 3.87. The smallest absolute Gasteiger partial charge is 0.318 e. The summed E-state index contributed by atoms with van der Waals surface area (Å²) in [6.45, 7) is 2.17. The number of rotatable bonds is 5. The highest BCUT2D eigenvalue weighted by molar-refractivity contribution is 7.16. The molecule has 1 aromatic heterocycles. The minimum atomic E-state index is -0.895. The number of thiazole rings is 1. The molecule has 1 aromatic rings. The SMILES string of the molecule is CN1CCc2nc(NC(=O)C(=O)N(C=O)CCCN)sc2C1. The first-order valence-corrected chi connectivity index (χ1v) is 7.81. The van der Waals surface area contributed by atoms with Crippen LogP contribution in [0.1, 0.15) is 17.0 Å². The minimum absolute atomic E-state index is 0.130. The Morgan fingerprint density at radius 2 is 2.32 bits per heavy atom. The maximum absolute atomic E-state index is 11.9. The first-order chi connectivity index (χ1) is 10.5. The van der Waals surface area contributed by atoms with Crippen molar-refractivity contribution in [1.82, 2.24) is 14.8 Å². The molecule has 3 N–H and O–H groups in total. The molecule has 0 aliphatic carbocycles. The zero-order chi connectivity index (χ0) is 16.1. The molecule has 1 aliphatic heterocycles. The Hall–Kier alpha value is -1.84. The summed E-state index contributed by atoms with van der Waals surface area (Å²) in [7, 11) is 2.02. The predicted octanol–water partition coefficient (Wildman–Crippen LogP) is -0.597. The molecule has 2 rings (SSSR count). The molecule has 1 aliphatic rings. The molecule has 0 atom stereocenters. The Labute approximate surface area is 132 Å². The number of nitrogens with two attached hydrogens (primary N) is 1. The molecule has 0 radical (unpaired) electrons. The lowest BCUT2D eigenvalue weighted by Crippen LogP contribution is -2.39. The first-order valence-electron chi connectivity index (χ1n) is 6.99.